The Kier molecular flexibility index (Phi) is 4.87. The summed E-state index contributed by atoms with van der Waals surface area (Å²) in [5.74, 6) is -0.245. The fraction of sp³-hybridized carbons (Fsp3) is 0.286. The first-order valence-corrected chi connectivity index (χ1v) is 9.32. The number of nitrogens with one attached hydrogen (secondary N) is 2. The molecule has 138 valence electrons. The van der Waals surface area contributed by atoms with E-state index in [1.165, 1.54) is 5.56 Å². The van der Waals surface area contributed by atoms with Gasteiger partial charge in [0.25, 0.3) is 11.8 Å². The summed E-state index contributed by atoms with van der Waals surface area (Å²) in [5.41, 5.74) is 2.19. The second-order valence-corrected chi connectivity index (χ2v) is 6.83. The van der Waals surface area contributed by atoms with Crippen LogP contribution in [-0.2, 0) is 6.42 Å². The molecule has 0 spiro atoms. The fourth-order valence-electron chi connectivity index (χ4n) is 3.06. The average molecular weight is 362 g/mol. The molecular formula is C21H22N4O2. The molecule has 2 amide bonds. The number of rotatable bonds is 7. The molecule has 1 aliphatic carbocycles. The quantitative estimate of drug-likeness (QED) is 0.635. The van der Waals surface area contributed by atoms with E-state index in [0.717, 1.165) is 25.7 Å². The largest absolute Gasteiger partial charge is 0.349 e. The molecule has 1 aliphatic rings. The number of nitrogens with zero attached hydrogens (tertiary/aromatic N) is 2. The Hall–Kier alpha value is -3.15. The van der Waals surface area contributed by atoms with Crippen molar-refractivity contribution in [3.63, 3.8) is 0 Å². The monoisotopic (exact) mass is 362 g/mol. The summed E-state index contributed by atoms with van der Waals surface area (Å²) in [7, 11) is 0. The van der Waals surface area contributed by atoms with Gasteiger partial charge in [-0.2, -0.15) is 0 Å². The van der Waals surface area contributed by atoms with Gasteiger partial charge in [-0.05, 0) is 43.4 Å². The number of hydrogen-bond donors (Lipinski definition) is 2. The molecule has 0 unspecified atom stereocenters. The number of aryl methyl sites for hydroxylation is 1. The summed E-state index contributed by atoms with van der Waals surface area (Å²) in [6, 6.07) is 15.9. The normalized spacial score (nSPS) is 13.5. The van der Waals surface area contributed by atoms with Crippen LogP contribution in [0.1, 0.15) is 45.9 Å². The zero-order chi connectivity index (χ0) is 18.6. The van der Waals surface area contributed by atoms with Crippen molar-refractivity contribution in [1.82, 2.24) is 20.0 Å². The molecule has 1 saturated carbocycles. The summed E-state index contributed by atoms with van der Waals surface area (Å²) in [5, 5.41) is 5.85. The number of aromatic nitrogens is 2. The van der Waals surface area contributed by atoms with E-state index in [0.29, 0.717) is 17.8 Å². The number of imidazole rings is 1. The van der Waals surface area contributed by atoms with Gasteiger partial charge < -0.3 is 10.6 Å². The van der Waals surface area contributed by atoms with E-state index in [2.05, 4.69) is 27.8 Å². The molecule has 27 heavy (non-hydrogen) atoms. The van der Waals surface area contributed by atoms with Crippen LogP contribution in [0.3, 0.4) is 0 Å². The zero-order valence-corrected chi connectivity index (χ0v) is 15.0. The van der Waals surface area contributed by atoms with Gasteiger partial charge in [0.05, 0.1) is 5.52 Å². The van der Waals surface area contributed by atoms with Crippen molar-refractivity contribution in [2.75, 3.05) is 6.54 Å². The van der Waals surface area contributed by atoms with Crippen molar-refractivity contribution in [3.05, 3.63) is 71.8 Å². The third kappa shape index (κ3) is 4.00. The maximum absolute atomic E-state index is 12.6. The standard InChI is InChI=1S/C21H22N4O2/c26-20(23-16-11-12-16)18-17-10-4-5-14-25(17)19(24-18)21(27)22-13-6-9-15-7-2-1-3-8-15/h1-5,7-8,10,14,16H,6,9,11-13H2,(H,22,27)(H,23,26). The minimum Gasteiger partial charge on any atom is -0.349 e. The first-order chi connectivity index (χ1) is 13.2. The lowest BCUT2D eigenvalue weighted by atomic mass is 10.1. The van der Waals surface area contributed by atoms with Crippen LogP contribution in [-0.4, -0.2) is 33.8 Å². The van der Waals surface area contributed by atoms with Crippen LogP contribution in [0.5, 0.6) is 0 Å². The van der Waals surface area contributed by atoms with Crippen LogP contribution in [0.2, 0.25) is 0 Å². The van der Waals surface area contributed by atoms with E-state index in [1.54, 1.807) is 16.7 Å². The Balaban J connectivity index is 1.44. The topological polar surface area (TPSA) is 75.5 Å². The summed E-state index contributed by atoms with van der Waals surface area (Å²) < 4.78 is 1.67. The van der Waals surface area contributed by atoms with Gasteiger partial charge in [0.1, 0.15) is 0 Å². The van der Waals surface area contributed by atoms with Gasteiger partial charge in [-0.25, -0.2) is 4.98 Å². The summed E-state index contributed by atoms with van der Waals surface area (Å²) in [4.78, 5) is 29.4. The molecule has 1 fully saturated rings. The third-order valence-corrected chi connectivity index (χ3v) is 4.65. The van der Waals surface area contributed by atoms with Crippen LogP contribution >= 0.6 is 0 Å². The molecule has 0 bridgehead atoms. The second-order valence-electron chi connectivity index (χ2n) is 6.83. The van der Waals surface area contributed by atoms with Crippen molar-refractivity contribution in [3.8, 4) is 0 Å². The minimum absolute atomic E-state index is 0.218. The second kappa shape index (κ2) is 7.61. The molecule has 1 aromatic carbocycles. The predicted octanol–water partition coefficient (Wildman–Crippen LogP) is 2.59. The van der Waals surface area contributed by atoms with Gasteiger partial charge in [0.15, 0.2) is 5.69 Å². The lowest BCUT2D eigenvalue weighted by molar-refractivity contribution is 0.0942. The Morgan fingerprint density at radius 2 is 1.81 bits per heavy atom. The summed E-state index contributed by atoms with van der Waals surface area (Å²) >= 11 is 0. The first-order valence-electron chi connectivity index (χ1n) is 9.32. The van der Waals surface area contributed by atoms with Crippen molar-refractivity contribution in [2.45, 2.75) is 31.7 Å². The highest BCUT2D eigenvalue weighted by Gasteiger charge is 2.27. The van der Waals surface area contributed by atoms with Gasteiger partial charge in [-0.1, -0.05) is 36.4 Å². The number of pyridine rings is 1. The lowest BCUT2D eigenvalue weighted by Gasteiger charge is -2.05. The van der Waals surface area contributed by atoms with Gasteiger partial charge in [0, 0.05) is 18.8 Å². The molecule has 6 nitrogen and oxygen atoms in total. The molecule has 6 heteroatoms. The molecule has 0 aliphatic heterocycles. The first kappa shape index (κ1) is 17.3. The number of hydrogen-bond acceptors (Lipinski definition) is 3. The Bertz CT molecular complexity index is 961. The molecule has 4 rings (SSSR count). The molecular weight excluding hydrogens is 340 g/mol. The average Bonchev–Trinajstić information content (AvgIpc) is 3.42. The molecule has 0 radical (unpaired) electrons. The van der Waals surface area contributed by atoms with E-state index in [-0.39, 0.29) is 23.7 Å². The Labute approximate surface area is 157 Å². The maximum Gasteiger partial charge on any atom is 0.287 e. The van der Waals surface area contributed by atoms with Gasteiger partial charge in [0.2, 0.25) is 5.82 Å². The fourth-order valence-corrected chi connectivity index (χ4v) is 3.06. The van der Waals surface area contributed by atoms with Crippen molar-refractivity contribution in [2.24, 2.45) is 0 Å². The predicted molar refractivity (Wildman–Crippen MR) is 103 cm³/mol. The van der Waals surface area contributed by atoms with E-state index in [4.69, 9.17) is 0 Å². The third-order valence-electron chi connectivity index (χ3n) is 4.65. The van der Waals surface area contributed by atoms with E-state index < -0.39 is 0 Å². The van der Waals surface area contributed by atoms with Crippen LogP contribution in [0.25, 0.3) is 5.52 Å². The van der Waals surface area contributed by atoms with E-state index >= 15 is 0 Å². The van der Waals surface area contributed by atoms with Crippen molar-refractivity contribution in [1.29, 1.82) is 0 Å². The molecule has 2 N–H and O–H groups in total. The lowest BCUT2D eigenvalue weighted by Crippen LogP contribution is -2.27. The van der Waals surface area contributed by atoms with Crippen molar-refractivity contribution >= 4 is 17.3 Å². The number of carbonyl (C=O) groups excluding carboxylic acids is 2. The highest BCUT2D eigenvalue weighted by molar-refractivity contribution is 6.02. The molecule has 2 aromatic heterocycles. The van der Waals surface area contributed by atoms with E-state index in [1.807, 2.05) is 30.3 Å². The number of fused-ring (bicyclic) bond motifs is 1. The Morgan fingerprint density at radius 1 is 1.04 bits per heavy atom. The molecule has 2 heterocycles. The molecule has 0 saturated heterocycles. The zero-order valence-electron chi connectivity index (χ0n) is 15.0. The number of carbonyl (C=O) groups is 2. The van der Waals surface area contributed by atoms with Crippen LogP contribution in [0, 0.1) is 0 Å². The number of amides is 2. The highest BCUT2D eigenvalue weighted by Crippen LogP contribution is 2.20. The maximum atomic E-state index is 12.6. The highest BCUT2D eigenvalue weighted by atomic mass is 16.2. The van der Waals surface area contributed by atoms with Gasteiger partial charge in [-0.3, -0.25) is 14.0 Å². The SMILES string of the molecule is O=C(NC1CC1)c1nc(C(=O)NCCCc2ccccc2)n2ccccc12. The van der Waals surface area contributed by atoms with Crippen molar-refractivity contribution < 1.29 is 9.59 Å². The Morgan fingerprint density at radius 3 is 2.59 bits per heavy atom. The summed E-state index contributed by atoms with van der Waals surface area (Å²) in [6.45, 7) is 0.555. The smallest absolute Gasteiger partial charge is 0.287 e. The number of benzene rings is 1. The minimum atomic E-state index is -0.269. The molecule has 3 aromatic rings. The van der Waals surface area contributed by atoms with Gasteiger partial charge >= 0.3 is 0 Å². The summed E-state index contributed by atoms with van der Waals surface area (Å²) in [6.07, 6.45) is 5.51. The van der Waals surface area contributed by atoms with E-state index in [9.17, 15) is 9.59 Å². The van der Waals surface area contributed by atoms with Crippen LogP contribution in [0.4, 0.5) is 0 Å². The van der Waals surface area contributed by atoms with Gasteiger partial charge in [-0.15, -0.1) is 0 Å². The van der Waals surface area contributed by atoms with Crippen LogP contribution < -0.4 is 10.6 Å². The molecule has 0 atom stereocenters. The van der Waals surface area contributed by atoms with Crippen LogP contribution in [0.15, 0.2) is 54.7 Å².